The van der Waals surface area contributed by atoms with Crippen molar-refractivity contribution in [1.82, 2.24) is 5.32 Å². The zero-order valence-electron chi connectivity index (χ0n) is 9.51. The van der Waals surface area contributed by atoms with Gasteiger partial charge in [-0.15, -0.1) is 0 Å². The van der Waals surface area contributed by atoms with Gasteiger partial charge in [-0.2, -0.15) is 13.2 Å². The standard InChI is InChI=1S/C12H11F4NO/c1-8(18)17-6-2-3-9-7-10(12(14,15)16)4-5-11(9)13/h2-5,7H,6H2,1H3,(H,17,18). The lowest BCUT2D eigenvalue weighted by molar-refractivity contribution is -0.137. The lowest BCUT2D eigenvalue weighted by atomic mass is 10.1. The summed E-state index contributed by atoms with van der Waals surface area (Å²) in [6.07, 6.45) is -1.94. The maximum atomic E-state index is 13.2. The van der Waals surface area contributed by atoms with E-state index in [-0.39, 0.29) is 18.0 Å². The van der Waals surface area contributed by atoms with E-state index in [9.17, 15) is 22.4 Å². The number of rotatable bonds is 3. The van der Waals surface area contributed by atoms with Crippen LogP contribution in [0.5, 0.6) is 0 Å². The smallest absolute Gasteiger partial charge is 0.353 e. The molecule has 0 aliphatic rings. The van der Waals surface area contributed by atoms with Crippen LogP contribution in [0.2, 0.25) is 0 Å². The van der Waals surface area contributed by atoms with Gasteiger partial charge in [0.15, 0.2) is 0 Å². The summed E-state index contributed by atoms with van der Waals surface area (Å²) in [5.74, 6) is -1.02. The Morgan fingerprint density at radius 1 is 1.39 bits per heavy atom. The number of amides is 1. The third kappa shape index (κ3) is 4.20. The van der Waals surface area contributed by atoms with Crippen molar-refractivity contribution in [3.8, 4) is 0 Å². The molecule has 1 rings (SSSR count). The van der Waals surface area contributed by atoms with Crippen molar-refractivity contribution in [3.63, 3.8) is 0 Å². The zero-order valence-corrected chi connectivity index (χ0v) is 9.51. The van der Waals surface area contributed by atoms with Gasteiger partial charge < -0.3 is 5.32 Å². The normalized spacial score (nSPS) is 11.8. The Labute approximate surface area is 101 Å². The topological polar surface area (TPSA) is 29.1 Å². The highest BCUT2D eigenvalue weighted by Crippen LogP contribution is 2.30. The highest BCUT2D eigenvalue weighted by atomic mass is 19.4. The average molecular weight is 261 g/mol. The lowest BCUT2D eigenvalue weighted by Gasteiger charge is -2.07. The maximum absolute atomic E-state index is 13.2. The summed E-state index contributed by atoms with van der Waals surface area (Å²) < 4.78 is 50.4. The largest absolute Gasteiger partial charge is 0.416 e. The molecule has 6 heteroatoms. The van der Waals surface area contributed by atoms with E-state index in [0.717, 1.165) is 12.1 Å². The van der Waals surface area contributed by atoms with E-state index in [1.54, 1.807) is 0 Å². The molecule has 0 bridgehead atoms. The summed E-state index contributed by atoms with van der Waals surface area (Å²) in [7, 11) is 0. The van der Waals surface area contributed by atoms with E-state index >= 15 is 0 Å². The summed E-state index contributed by atoms with van der Waals surface area (Å²) in [5, 5.41) is 2.41. The van der Waals surface area contributed by atoms with E-state index in [2.05, 4.69) is 5.32 Å². The molecule has 98 valence electrons. The third-order valence-electron chi connectivity index (χ3n) is 2.09. The molecule has 0 aromatic heterocycles. The van der Waals surface area contributed by atoms with Crippen LogP contribution in [-0.4, -0.2) is 12.5 Å². The molecule has 0 unspecified atom stereocenters. The zero-order chi connectivity index (χ0) is 13.8. The summed E-state index contributed by atoms with van der Waals surface area (Å²) in [6, 6.07) is 2.17. The van der Waals surface area contributed by atoms with Crippen LogP contribution in [0.15, 0.2) is 24.3 Å². The molecule has 0 atom stereocenters. The first-order chi connectivity index (χ1) is 8.30. The van der Waals surface area contributed by atoms with Crippen LogP contribution in [0.25, 0.3) is 6.08 Å². The molecule has 0 aliphatic heterocycles. The second-order valence-corrected chi connectivity index (χ2v) is 3.57. The Kier molecular flexibility index (Phi) is 4.47. The molecule has 1 aromatic rings. The molecule has 0 heterocycles. The van der Waals surface area contributed by atoms with Crippen LogP contribution in [0.4, 0.5) is 17.6 Å². The molecule has 18 heavy (non-hydrogen) atoms. The number of carbonyl (C=O) groups excluding carboxylic acids is 1. The molecule has 0 fully saturated rings. The van der Waals surface area contributed by atoms with E-state index < -0.39 is 17.6 Å². The molecule has 0 aliphatic carbocycles. The van der Waals surface area contributed by atoms with E-state index in [1.165, 1.54) is 19.1 Å². The molecule has 0 radical (unpaired) electrons. The first kappa shape index (κ1) is 14.2. The van der Waals surface area contributed by atoms with Crippen molar-refractivity contribution in [3.05, 3.63) is 41.2 Å². The van der Waals surface area contributed by atoms with Gasteiger partial charge in [-0.3, -0.25) is 4.79 Å². The van der Waals surface area contributed by atoms with Gasteiger partial charge in [-0.05, 0) is 18.2 Å². The molecule has 2 nitrogen and oxygen atoms in total. The fourth-order valence-corrected chi connectivity index (χ4v) is 1.24. The fourth-order valence-electron chi connectivity index (χ4n) is 1.24. The Hall–Kier alpha value is -1.85. The molecule has 0 saturated heterocycles. The van der Waals surface area contributed by atoms with Crippen LogP contribution in [-0.2, 0) is 11.0 Å². The fraction of sp³-hybridized carbons (Fsp3) is 0.250. The second-order valence-electron chi connectivity index (χ2n) is 3.57. The van der Waals surface area contributed by atoms with Crippen LogP contribution in [0.3, 0.4) is 0 Å². The van der Waals surface area contributed by atoms with Crippen LogP contribution in [0, 0.1) is 5.82 Å². The van der Waals surface area contributed by atoms with Crippen LogP contribution >= 0.6 is 0 Å². The quantitative estimate of drug-likeness (QED) is 0.833. The van der Waals surface area contributed by atoms with Crippen molar-refractivity contribution in [2.75, 3.05) is 6.54 Å². The lowest BCUT2D eigenvalue weighted by Crippen LogP contribution is -2.19. The van der Waals surface area contributed by atoms with Gasteiger partial charge in [-0.1, -0.05) is 12.2 Å². The third-order valence-corrected chi connectivity index (χ3v) is 2.09. The highest BCUT2D eigenvalue weighted by molar-refractivity contribution is 5.73. The number of carbonyl (C=O) groups is 1. The molecule has 1 amide bonds. The minimum atomic E-state index is -4.51. The minimum Gasteiger partial charge on any atom is -0.353 e. The van der Waals surface area contributed by atoms with Gasteiger partial charge in [0.25, 0.3) is 0 Å². The van der Waals surface area contributed by atoms with Crippen molar-refractivity contribution < 1.29 is 22.4 Å². The summed E-state index contributed by atoms with van der Waals surface area (Å²) >= 11 is 0. The number of halogens is 4. The number of nitrogens with one attached hydrogen (secondary N) is 1. The molecule has 1 N–H and O–H groups in total. The molecule has 0 saturated carbocycles. The van der Waals surface area contributed by atoms with E-state index in [4.69, 9.17) is 0 Å². The minimum absolute atomic E-state index is 0.130. The van der Waals surface area contributed by atoms with Crippen molar-refractivity contribution >= 4 is 12.0 Å². The Morgan fingerprint density at radius 2 is 2.06 bits per heavy atom. The highest BCUT2D eigenvalue weighted by Gasteiger charge is 2.30. The molecular formula is C12H11F4NO. The molecule has 1 aromatic carbocycles. The molecular weight excluding hydrogens is 250 g/mol. The van der Waals surface area contributed by atoms with Gasteiger partial charge in [0.1, 0.15) is 5.82 Å². The van der Waals surface area contributed by atoms with E-state index in [1.807, 2.05) is 0 Å². The SMILES string of the molecule is CC(=O)NCC=Cc1cc(C(F)(F)F)ccc1F. The van der Waals surface area contributed by atoms with Crippen molar-refractivity contribution in [2.45, 2.75) is 13.1 Å². The first-order valence-electron chi connectivity index (χ1n) is 5.08. The van der Waals surface area contributed by atoms with Gasteiger partial charge in [0, 0.05) is 19.0 Å². The van der Waals surface area contributed by atoms with E-state index in [0.29, 0.717) is 6.07 Å². The van der Waals surface area contributed by atoms with Gasteiger partial charge in [0.2, 0.25) is 5.91 Å². The number of hydrogen-bond donors (Lipinski definition) is 1. The van der Waals surface area contributed by atoms with Gasteiger partial charge in [0.05, 0.1) is 5.56 Å². The summed E-state index contributed by atoms with van der Waals surface area (Å²) in [5.41, 5.74) is -1.08. The van der Waals surface area contributed by atoms with Crippen LogP contribution < -0.4 is 5.32 Å². The summed E-state index contributed by atoms with van der Waals surface area (Å²) in [6.45, 7) is 1.43. The van der Waals surface area contributed by atoms with Gasteiger partial charge in [-0.25, -0.2) is 4.39 Å². The number of hydrogen-bond acceptors (Lipinski definition) is 1. The Morgan fingerprint density at radius 3 is 2.61 bits per heavy atom. The first-order valence-corrected chi connectivity index (χ1v) is 5.08. The van der Waals surface area contributed by atoms with Crippen LogP contribution in [0.1, 0.15) is 18.1 Å². The summed E-state index contributed by atoms with van der Waals surface area (Å²) in [4.78, 5) is 10.5. The maximum Gasteiger partial charge on any atom is 0.416 e. The molecule has 0 spiro atoms. The number of alkyl halides is 3. The van der Waals surface area contributed by atoms with Gasteiger partial charge >= 0.3 is 6.18 Å². The Bertz CT molecular complexity index is 466. The number of benzene rings is 1. The predicted octanol–water partition coefficient (Wildman–Crippen LogP) is 2.99. The van der Waals surface area contributed by atoms with Crippen molar-refractivity contribution in [2.24, 2.45) is 0 Å². The average Bonchev–Trinajstić information content (AvgIpc) is 2.24. The second kappa shape index (κ2) is 5.66. The Balaban J connectivity index is 2.85. The monoisotopic (exact) mass is 261 g/mol. The predicted molar refractivity (Wildman–Crippen MR) is 59.1 cm³/mol. The van der Waals surface area contributed by atoms with Crippen molar-refractivity contribution in [1.29, 1.82) is 0 Å².